The minimum Gasteiger partial charge on any atom is -0.369 e. The summed E-state index contributed by atoms with van der Waals surface area (Å²) in [5.41, 5.74) is 6.40. The third-order valence-corrected chi connectivity index (χ3v) is 5.24. The molecular formula is C18H26FN4O2+. The summed E-state index contributed by atoms with van der Waals surface area (Å²) in [5.74, 6) is -0.633. The van der Waals surface area contributed by atoms with E-state index in [4.69, 9.17) is 5.73 Å². The largest absolute Gasteiger partial charge is 0.369 e. The van der Waals surface area contributed by atoms with Gasteiger partial charge in [-0.25, -0.2) is 4.39 Å². The normalized spacial score (nSPS) is 22.0. The number of amides is 2. The van der Waals surface area contributed by atoms with E-state index < -0.39 is 0 Å². The lowest BCUT2D eigenvalue weighted by atomic mass is 9.97. The first-order chi connectivity index (χ1) is 12.0. The van der Waals surface area contributed by atoms with E-state index in [0.29, 0.717) is 13.1 Å². The van der Waals surface area contributed by atoms with Crippen molar-refractivity contribution in [3.8, 4) is 0 Å². The van der Waals surface area contributed by atoms with E-state index in [9.17, 15) is 14.0 Å². The number of rotatable bonds is 4. The summed E-state index contributed by atoms with van der Waals surface area (Å²) in [6, 6.07) is 6.54. The quantitative estimate of drug-likeness (QED) is 0.752. The molecule has 0 unspecified atom stereocenters. The van der Waals surface area contributed by atoms with Gasteiger partial charge in [-0.1, -0.05) is 0 Å². The average Bonchev–Trinajstić information content (AvgIpc) is 2.63. The predicted molar refractivity (Wildman–Crippen MR) is 92.7 cm³/mol. The van der Waals surface area contributed by atoms with Crippen LogP contribution in [-0.2, 0) is 9.59 Å². The molecule has 1 aromatic carbocycles. The summed E-state index contributed by atoms with van der Waals surface area (Å²) in [7, 11) is 0. The van der Waals surface area contributed by atoms with Crippen LogP contribution in [0.15, 0.2) is 24.3 Å². The van der Waals surface area contributed by atoms with E-state index in [1.165, 1.54) is 17.0 Å². The van der Waals surface area contributed by atoms with E-state index in [1.54, 1.807) is 17.0 Å². The SMILES string of the molecule is NC(=O)[C@H]1CCCN(C(=O)C[NH+]2CCN(c3ccc(F)cc3)CC2)C1. The van der Waals surface area contributed by atoms with Crippen LogP contribution in [0.3, 0.4) is 0 Å². The Bertz CT molecular complexity index is 614. The topological polar surface area (TPSA) is 71.1 Å². The van der Waals surface area contributed by atoms with E-state index in [-0.39, 0.29) is 23.5 Å². The number of quaternary nitrogens is 1. The van der Waals surface area contributed by atoms with Gasteiger partial charge in [0.15, 0.2) is 6.54 Å². The number of nitrogens with zero attached hydrogens (tertiary/aromatic N) is 2. The molecule has 3 rings (SSSR count). The standard InChI is InChI=1S/C18H25FN4O2/c19-15-3-5-16(6-4-15)22-10-8-21(9-11-22)13-17(24)23-7-1-2-14(12-23)18(20)25/h3-6,14H,1-2,7-13H2,(H2,20,25)/p+1/t14-/m0/s1. The average molecular weight is 349 g/mol. The summed E-state index contributed by atoms with van der Waals surface area (Å²) >= 11 is 0. The summed E-state index contributed by atoms with van der Waals surface area (Å²) in [6.07, 6.45) is 1.62. The van der Waals surface area contributed by atoms with Crippen molar-refractivity contribution < 1.29 is 18.9 Å². The molecule has 136 valence electrons. The number of benzene rings is 1. The molecular weight excluding hydrogens is 323 g/mol. The minimum absolute atomic E-state index is 0.108. The highest BCUT2D eigenvalue weighted by molar-refractivity contribution is 5.80. The van der Waals surface area contributed by atoms with Crippen LogP contribution in [0.2, 0.25) is 0 Å². The van der Waals surface area contributed by atoms with E-state index in [2.05, 4.69) is 4.90 Å². The van der Waals surface area contributed by atoms with Crippen LogP contribution < -0.4 is 15.5 Å². The Hall–Kier alpha value is -2.15. The van der Waals surface area contributed by atoms with Gasteiger partial charge in [0.1, 0.15) is 5.82 Å². The van der Waals surface area contributed by atoms with Crippen LogP contribution >= 0.6 is 0 Å². The third-order valence-electron chi connectivity index (χ3n) is 5.24. The second-order valence-corrected chi connectivity index (χ2v) is 6.97. The molecule has 0 bridgehead atoms. The van der Waals surface area contributed by atoms with Gasteiger partial charge in [-0.05, 0) is 37.1 Å². The summed E-state index contributed by atoms with van der Waals surface area (Å²) < 4.78 is 13.0. The summed E-state index contributed by atoms with van der Waals surface area (Å²) in [6.45, 7) is 5.08. The van der Waals surface area contributed by atoms with Crippen molar-refractivity contribution in [1.82, 2.24) is 4.90 Å². The fourth-order valence-corrected chi connectivity index (χ4v) is 3.67. The van der Waals surface area contributed by atoms with Crippen LogP contribution in [0.25, 0.3) is 0 Å². The third kappa shape index (κ3) is 4.48. The van der Waals surface area contributed by atoms with Gasteiger partial charge in [-0.3, -0.25) is 9.59 Å². The number of piperidine rings is 1. The van der Waals surface area contributed by atoms with Crippen LogP contribution in [0.1, 0.15) is 12.8 Å². The summed E-state index contributed by atoms with van der Waals surface area (Å²) in [4.78, 5) is 29.1. The molecule has 2 amide bonds. The van der Waals surface area contributed by atoms with Gasteiger partial charge in [0.25, 0.3) is 5.91 Å². The van der Waals surface area contributed by atoms with Crippen molar-refractivity contribution >= 4 is 17.5 Å². The number of piperazine rings is 1. The lowest BCUT2D eigenvalue weighted by Crippen LogP contribution is -3.16. The number of anilines is 1. The molecule has 2 fully saturated rings. The Labute approximate surface area is 147 Å². The first-order valence-electron chi connectivity index (χ1n) is 8.94. The molecule has 1 atom stereocenters. The number of carbonyl (C=O) groups excluding carboxylic acids is 2. The highest BCUT2D eigenvalue weighted by Gasteiger charge is 2.30. The summed E-state index contributed by atoms with van der Waals surface area (Å²) in [5, 5.41) is 0. The second-order valence-electron chi connectivity index (χ2n) is 6.97. The smallest absolute Gasteiger partial charge is 0.277 e. The van der Waals surface area contributed by atoms with Gasteiger partial charge in [-0.2, -0.15) is 0 Å². The highest BCUT2D eigenvalue weighted by Crippen LogP contribution is 2.16. The molecule has 0 saturated carbocycles. The molecule has 2 aliphatic heterocycles. The Morgan fingerprint density at radius 3 is 2.48 bits per heavy atom. The van der Waals surface area contributed by atoms with Gasteiger partial charge < -0.3 is 20.4 Å². The lowest BCUT2D eigenvalue weighted by molar-refractivity contribution is -0.892. The second kappa shape index (κ2) is 7.82. The number of likely N-dealkylation sites (tertiary alicyclic amines) is 1. The molecule has 2 heterocycles. The zero-order chi connectivity index (χ0) is 17.8. The maximum Gasteiger partial charge on any atom is 0.277 e. The molecule has 6 nitrogen and oxygen atoms in total. The molecule has 1 aromatic rings. The first kappa shape index (κ1) is 17.7. The zero-order valence-electron chi connectivity index (χ0n) is 14.4. The van der Waals surface area contributed by atoms with Gasteiger partial charge in [0.05, 0.1) is 32.1 Å². The number of nitrogens with two attached hydrogens (primary N) is 1. The van der Waals surface area contributed by atoms with Gasteiger partial charge in [-0.15, -0.1) is 0 Å². The van der Waals surface area contributed by atoms with E-state index >= 15 is 0 Å². The number of carbonyl (C=O) groups is 2. The van der Waals surface area contributed by atoms with E-state index in [0.717, 1.165) is 51.3 Å². The van der Waals surface area contributed by atoms with Gasteiger partial charge in [0.2, 0.25) is 5.91 Å². The van der Waals surface area contributed by atoms with Crippen molar-refractivity contribution in [3.05, 3.63) is 30.1 Å². The Kier molecular flexibility index (Phi) is 5.53. The predicted octanol–water partition coefficient (Wildman–Crippen LogP) is -0.745. The lowest BCUT2D eigenvalue weighted by Gasteiger charge is -2.35. The number of hydrogen-bond donors (Lipinski definition) is 2. The van der Waals surface area contributed by atoms with Crippen molar-refractivity contribution in [2.45, 2.75) is 12.8 Å². The maximum absolute atomic E-state index is 13.0. The van der Waals surface area contributed by atoms with Crippen LogP contribution in [0.4, 0.5) is 10.1 Å². The molecule has 0 spiro atoms. The molecule has 0 aliphatic carbocycles. The van der Waals surface area contributed by atoms with Crippen molar-refractivity contribution in [2.24, 2.45) is 11.7 Å². The maximum atomic E-state index is 13.0. The monoisotopic (exact) mass is 349 g/mol. The molecule has 0 radical (unpaired) electrons. The molecule has 0 aromatic heterocycles. The Morgan fingerprint density at radius 2 is 1.84 bits per heavy atom. The van der Waals surface area contributed by atoms with Gasteiger partial charge >= 0.3 is 0 Å². The first-order valence-corrected chi connectivity index (χ1v) is 8.94. The van der Waals surface area contributed by atoms with Crippen LogP contribution in [0.5, 0.6) is 0 Å². The molecule has 2 aliphatic rings. The number of nitrogens with one attached hydrogen (secondary N) is 1. The number of halogens is 1. The fraction of sp³-hybridized carbons (Fsp3) is 0.556. The fourth-order valence-electron chi connectivity index (χ4n) is 3.67. The zero-order valence-corrected chi connectivity index (χ0v) is 14.4. The molecule has 2 saturated heterocycles. The highest BCUT2D eigenvalue weighted by atomic mass is 19.1. The van der Waals surface area contributed by atoms with Crippen molar-refractivity contribution in [3.63, 3.8) is 0 Å². The van der Waals surface area contributed by atoms with E-state index in [1.807, 2.05) is 0 Å². The van der Waals surface area contributed by atoms with Crippen LogP contribution in [-0.4, -0.2) is 62.5 Å². The number of primary amides is 1. The van der Waals surface area contributed by atoms with Crippen LogP contribution in [0, 0.1) is 11.7 Å². The Morgan fingerprint density at radius 1 is 1.16 bits per heavy atom. The molecule has 3 N–H and O–H groups in total. The Balaban J connectivity index is 1.47. The number of hydrogen-bond acceptors (Lipinski definition) is 3. The van der Waals surface area contributed by atoms with Gasteiger partial charge in [0, 0.05) is 18.8 Å². The van der Waals surface area contributed by atoms with Crippen molar-refractivity contribution in [2.75, 3.05) is 50.7 Å². The molecule has 25 heavy (non-hydrogen) atoms. The molecule has 7 heteroatoms. The van der Waals surface area contributed by atoms with Crippen molar-refractivity contribution in [1.29, 1.82) is 0 Å². The minimum atomic E-state index is -0.308.